The number of benzene rings is 1. The maximum absolute atomic E-state index is 12.8. The first-order chi connectivity index (χ1) is 17.0. The van der Waals surface area contributed by atoms with Crippen molar-refractivity contribution < 1.29 is 19.4 Å². The Bertz CT molecular complexity index is 950. The van der Waals surface area contributed by atoms with Crippen molar-refractivity contribution in [1.82, 2.24) is 9.97 Å². The van der Waals surface area contributed by atoms with E-state index >= 15 is 0 Å². The normalized spacial score (nSPS) is 17.8. The fraction of sp³-hybridized carbons (Fsp3) is 0.586. The number of aromatic nitrogens is 2. The molecule has 0 atom stereocenters. The summed E-state index contributed by atoms with van der Waals surface area (Å²) in [5.41, 5.74) is 1.48. The van der Waals surface area contributed by atoms with Gasteiger partial charge in [0.2, 0.25) is 0 Å². The van der Waals surface area contributed by atoms with Gasteiger partial charge in [-0.25, -0.2) is 14.8 Å². The first-order valence-electron chi connectivity index (χ1n) is 13.4. The molecule has 1 N–H and O–H groups in total. The molecule has 1 fully saturated rings. The number of hydrogen-bond donors (Lipinski definition) is 1. The van der Waals surface area contributed by atoms with Crippen LogP contribution in [0, 0.1) is 11.8 Å². The van der Waals surface area contributed by atoms with Crippen LogP contribution < -0.4 is 4.74 Å². The average molecular weight is 481 g/mol. The van der Waals surface area contributed by atoms with Crippen LogP contribution in [0.1, 0.15) is 107 Å². The van der Waals surface area contributed by atoms with Gasteiger partial charge in [-0.1, -0.05) is 58.8 Å². The van der Waals surface area contributed by atoms with E-state index in [4.69, 9.17) is 4.74 Å². The fourth-order valence-corrected chi connectivity index (χ4v) is 4.91. The molecule has 0 bridgehead atoms. The van der Waals surface area contributed by atoms with E-state index in [0.717, 1.165) is 62.8 Å². The summed E-state index contributed by atoms with van der Waals surface area (Å²) in [6.45, 7) is 4.39. The number of carbonyl (C=O) groups is 2. The third-order valence-electron chi connectivity index (χ3n) is 7.10. The largest absolute Gasteiger partial charge is 0.478 e. The molecule has 1 aromatic carbocycles. The monoisotopic (exact) mass is 480 g/mol. The van der Waals surface area contributed by atoms with Gasteiger partial charge in [-0.15, -0.1) is 0 Å². The molecular formula is C29H40N2O4. The molecule has 1 saturated carbocycles. The highest BCUT2D eigenvalue weighted by atomic mass is 16.5. The molecule has 1 aliphatic carbocycles. The molecule has 0 aliphatic heterocycles. The van der Waals surface area contributed by atoms with Crippen molar-refractivity contribution >= 4 is 11.9 Å². The van der Waals surface area contributed by atoms with Crippen LogP contribution in [0.5, 0.6) is 5.75 Å². The van der Waals surface area contributed by atoms with Crippen molar-refractivity contribution in [3.8, 4) is 17.1 Å². The SMILES string of the molecule is CCCCCCC1CCC(C(=O)Oc2ccc(C(=O)O)c(-c3ncc(CCCCC)cn3)c2)CC1. The zero-order valence-corrected chi connectivity index (χ0v) is 21.3. The minimum absolute atomic E-state index is 0.0899. The predicted molar refractivity (Wildman–Crippen MR) is 137 cm³/mol. The minimum atomic E-state index is -1.06. The van der Waals surface area contributed by atoms with Gasteiger partial charge >= 0.3 is 11.9 Å². The van der Waals surface area contributed by atoms with Crippen molar-refractivity contribution in [2.75, 3.05) is 0 Å². The van der Waals surface area contributed by atoms with Gasteiger partial charge in [-0.3, -0.25) is 4.79 Å². The molecule has 0 unspecified atom stereocenters. The van der Waals surface area contributed by atoms with Crippen LogP contribution in [-0.4, -0.2) is 27.0 Å². The average Bonchev–Trinajstić information content (AvgIpc) is 2.87. The van der Waals surface area contributed by atoms with Gasteiger partial charge in [0.15, 0.2) is 5.82 Å². The summed E-state index contributed by atoms with van der Waals surface area (Å²) in [6.07, 6.45) is 18.1. The molecule has 2 aromatic rings. The highest BCUT2D eigenvalue weighted by Crippen LogP contribution is 2.34. The highest BCUT2D eigenvalue weighted by molar-refractivity contribution is 5.95. The minimum Gasteiger partial charge on any atom is -0.478 e. The molecule has 1 heterocycles. The Morgan fingerprint density at radius 1 is 0.943 bits per heavy atom. The predicted octanol–water partition coefficient (Wildman–Crippen LogP) is 7.26. The quantitative estimate of drug-likeness (QED) is 0.184. The van der Waals surface area contributed by atoms with Crippen LogP contribution in [-0.2, 0) is 11.2 Å². The number of aromatic carboxylic acids is 1. The van der Waals surface area contributed by atoms with Gasteiger partial charge in [-0.2, -0.15) is 0 Å². The van der Waals surface area contributed by atoms with Gasteiger partial charge in [0, 0.05) is 18.0 Å². The number of carbonyl (C=O) groups excluding carboxylic acids is 1. The number of carboxylic acid groups (broad SMARTS) is 1. The van der Waals surface area contributed by atoms with Crippen molar-refractivity contribution in [3.05, 3.63) is 41.7 Å². The lowest BCUT2D eigenvalue weighted by Gasteiger charge is -2.27. The second kappa shape index (κ2) is 14.0. The van der Waals surface area contributed by atoms with Crippen LogP contribution in [0.3, 0.4) is 0 Å². The van der Waals surface area contributed by atoms with Crippen LogP contribution in [0.25, 0.3) is 11.4 Å². The topological polar surface area (TPSA) is 89.4 Å². The van der Waals surface area contributed by atoms with Crippen LogP contribution in [0.2, 0.25) is 0 Å². The number of hydrogen-bond acceptors (Lipinski definition) is 5. The molecule has 1 aliphatic rings. The number of esters is 1. The van der Waals surface area contributed by atoms with Gasteiger partial charge < -0.3 is 9.84 Å². The Morgan fingerprint density at radius 2 is 1.63 bits per heavy atom. The van der Waals surface area contributed by atoms with E-state index in [-0.39, 0.29) is 17.5 Å². The molecule has 190 valence electrons. The summed E-state index contributed by atoms with van der Waals surface area (Å²) in [7, 11) is 0. The molecular weight excluding hydrogens is 440 g/mol. The molecule has 0 spiro atoms. The molecule has 6 heteroatoms. The van der Waals surface area contributed by atoms with E-state index < -0.39 is 5.97 Å². The fourth-order valence-electron chi connectivity index (χ4n) is 4.91. The zero-order chi connectivity index (χ0) is 25.0. The molecule has 0 amide bonds. The summed E-state index contributed by atoms with van der Waals surface area (Å²) in [6, 6.07) is 4.59. The third kappa shape index (κ3) is 8.15. The number of nitrogens with zero attached hydrogens (tertiary/aromatic N) is 2. The summed E-state index contributed by atoms with van der Waals surface area (Å²) in [5.74, 6) is -0.000521. The van der Waals surface area contributed by atoms with Gasteiger partial charge in [0.05, 0.1) is 11.5 Å². The lowest BCUT2D eigenvalue weighted by molar-refractivity contribution is -0.140. The maximum Gasteiger partial charge on any atom is 0.336 e. The Morgan fingerprint density at radius 3 is 2.29 bits per heavy atom. The summed E-state index contributed by atoms with van der Waals surface area (Å²) >= 11 is 0. The smallest absolute Gasteiger partial charge is 0.336 e. The lowest BCUT2D eigenvalue weighted by Crippen LogP contribution is -2.25. The number of aryl methyl sites for hydroxylation is 1. The van der Waals surface area contributed by atoms with Gasteiger partial charge in [0.1, 0.15) is 5.75 Å². The molecule has 3 rings (SSSR count). The van der Waals surface area contributed by atoms with E-state index in [1.165, 1.54) is 38.2 Å². The first-order valence-corrected chi connectivity index (χ1v) is 13.4. The summed E-state index contributed by atoms with van der Waals surface area (Å²) in [4.78, 5) is 33.5. The van der Waals surface area contributed by atoms with E-state index in [1.807, 2.05) is 0 Å². The van der Waals surface area contributed by atoms with Crippen molar-refractivity contribution in [1.29, 1.82) is 0 Å². The maximum atomic E-state index is 12.8. The van der Waals surface area contributed by atoms with E-state index in [2.05, 4.69) is 23.8 Å². The zero-order valence-electron chi connectivity index (χ0n) is 21.3. The number of carboxylic acids is 1. The van der Waals surface area contributed by atoms with E-state index in [9.17, 15) is 14.7 Å². The standard InChI is InChI=1S/C29H40N2O4/c1-3-5-7-9-10-21-12-14-23(15-13-21)29(34)35-24-16-17-25(28(32)33)26(18-24)27-30-19-22(20-31-27)11-8-6-4-2/h16-21,23H,3-15H2,1-2H3,(H,32,33). The lowest BCUT2D eigenvalue weighted by atomic mass is 9.80. The summed E-state index contributed by atoms with van der Waals surface area (Å²) < 4.78 is 5.70. The van der Waals surface area contributed by atoms with Crippen LogP contribution in [0.15, 0.2) is 30.6 Å². The Labute approximate surface area is 209 Å². The summed E-state index contributed by atoms with van der Waals surface area (Å²) in [5, 5.41) is 9.65. The molecule has 6 nitrogen and oxygen atoms in total. The second-order valence-corrected chi connectivity index (χ2v) is 9.87. The Balaban J connectivity index is 1.62. The van der Waals surface area contributed by atoms with Crippen molar-refractivity contribution in [2.24, 2.45) is 11.8 Å². The molecule has 35 heavy (non-hydrogen) atoms. The Hall–Kier alpha value is -2.76. The van der Waals surface area contributed by atoms with E-state index in [1.54, 1.807) is 24.5 Å². The Kier molecular flexibility index (Phi) is 10.7. The third-order valence-corrected chi connectivity index (χ3v) is 7.10. The highest BCUT2D eigenvalue weighted by Gasteiger charge is 2.28. The second-order valence-electron chi connectivity index (χ2n) is 9.87. The number of unbranched alkanes of at least 4 members (excludes halogenated alkanes) is 5. The van der Waals surface area contributed by atoms with Crippen LogP contribution >= 0.6 is 0 Å². The van der Waals surface area contributed by atoms with Crippen molar-refractivity contribution in [3.63, 3.8) is 0 Å². The molecule has 0 saturated heterocycles. The van der Waals surface area contributed by atoms with E-state index in [0.29, 0.717) is 17.1 Å². The number of rotatable bonds is 13. The molecule has 1 aromatic heterocycles. The van der Waals surface area contributed by atoms with Gasteiger partial charge in [-0.05, 0) is 68.2 Å². The van der Waals surface area contributed by atoms with Crippen LogP contribution in [0.4, 0.5) is 0 Å². The number of ether oxygens (including phenoxy) is 1. The first kappa shape index (κ1) is 26.8. The van der Waals surface area contributed by atoms with Crippen molar-refractivity contribution in [2.45, 2.75) is 97.3 Å². The molecule has 0 radical (unpaired) electrons. The van der Waals surface area contributed by atoms with Gasteiger partial charge in [0.25, 0.3) is 0 Å².